The highest BCUT2D eigenvalue weighted by Crippen LogP contribution is 2.30. The summed E-state index contributed by atoms with van der Waals surface area (Å²) in [4.78, 5) is 37.2. The van der Waals surface area contributed by atoms with Gasteiger partial charge in [0, 0.05) is 36.2 Å². The summed E-state index contributed by atoms with van der Waals surface area (Å²) >= 11 is 1.33. The van der Waals surface area contributed by atoms with E-state index in [1.54, 1.807) is 7.11 Å². The van der Waals surface area contributed by atoms with Crippen molar-refractivity contribution in [3.63, 3.8) is 0 Å². The van der Waals surface area contributed by atoms with Gasteiger partial charge in [0.1, 0.15) is 5.75 Å². The highest BCUT2D eigenvalue weighted by Gasteiger charge is 2.26. The summed E-state index contributed by atoms with van der Waals surface area (Å²) in [5.74, 6) is -0.240. The van der Waals surface area contributed by atoms with Crippen LogP contribution in [-0.4, -0.2) is 53.6 Å². The Morgan fingerprint density at radius 2 is 2.00 bits per heavy atom. The number of benzene rings is 2. The Labute approximate surface area is 200 Å². The van der Waals surface area contributed by atoms with E-state index in [4.69, 9.17) is 14.5 Å². The van der Waals surface area contributed by atoms with Crippen LogP contribution in [0.4, 0.5) is 5.13 Å². The van der Waals surface area contributed by atoms with Gasteiger partial charge in [-0.2, -0.15) is 0 Å². The molecule has 1 amide bonds. The van der Waals surface area contributed by atoms with Gasteiger partial charge in [-0.15, -0.1) is 0 Å². The predicted molar refractivity (Wildman–Crippen MR) is 131 cm³/mol. The van der Waals surface area contributed by atoms with Crippen LogP contribution >= 0.6 is 11.3 Å². The monoisotopic (exact) mass is 476 g/mol. The first kappa shape index (κ1) is 22.2. The van der Waals surface area contributed by atoms with Gasteiger partial charge in [0.15, 0.2) is 11.7 Å². The fourth-order valence-corrected chi connectivity index (χ4v) is 5.10. The molecule has 2 aromatic carbocycles. The van der Waals surface area contributed by atoms with E-state index in [9.17, 15) is 9.59 Å². The van der Waals surface area contributed by atoms with E-state index in [1.165, 1.54) is 11.3 Å². The third-order valence-corrected chi connectivity index (χ3v) is 6.89. The fourth-order valence-electron chi connectivity index (χ4n) is 4.19. The predicted octanol–water partition coefficient (Wildman–Crippen LogP) is 4.03. The maximum Gasteiger partial charge on any atom is 0.339 e. The number of rotatable bonds is 6. The van der Waals surface area contributed by atoms with Crippen molar-refractivity contribution in [2.45, 2.75) is 19.9 Å². The van der Waals surface area contributed by atoms with Gasteiger partial charge in [-0.1, -0.05) is 36.5 Å². The zero-order chi connectivity index (χ0) is 23.7. The lowest BCUT2D eigenvalue weighted by molar-refractivity contribution is -0.119. The Kier molecular flexibility index (Phi) is 6.12. The van der Waals surface area contributed by atoms with Crippen molar-refractivity contribution in [2.75, 3.05) is 32.1 Å². The van der Waals surface area contributed by atoms with Crippen molar-refractivity contribution in [2.24, 2.45) is 0 Å². The van der Waals surface area contributed by atoms with Crippen LogP contribution in [0, 0.1) is 0 Å². The molecule has 1 N–H and O–H groups in total. The first-order valence-corrected chi connectivity index (χ1v) is 11.9. The number of aromatic nitrogens is 2. The number of para-hydroxylation sites is 1. The molecule has 0 fully saturated rings. The number of methoxy groups -OCH3 is 1. The van der Waals surface area contributed by atoms with Gasteiger partial charge in [0.05, 0.1) is 28.4 Å². The minimum Gasteiger partial charge on any atom is -0.497 e. The Balaban J connectivity index is 1.34. The first-order chi connectivity index (χ1) is 16.6. The van der Waals surface area contributed by atoms with Gasteiger partial charge in [-0.3, -0.25) is 20.0 Å². The molecule has 5 rings (SSSR count). The quantitative estimate of drug-likeness (QED) is 0.420. The van der Waals surface area contributed by atoms with Crippen molar-refractivity contribution >= 4 is 49.5 Å². The number of pyridine rings is 1. The normalized spacial score (nSPS) is 13.6. The Morgan fingerprint density at radius 1 is 1.15 bits per heavy atom. The SMILES string of the molecule is CCN1CCc2nc3ccccc3c(C(=O)OCC(=O)Nc3nc4ccc(OC)cc4s3)c2C1. The number of fused-ring (bicyclic) bond motifs is 3. The molecule has 34 heavy (non-hydrogen) atoms. The zero-order valence-corrected chi connectivity index (χ0v) is 19.8. The van der Waals surface area contributed by atoms with Crippen LogP contribution in [0.1, 0.15) is 28.5 Å². The van der Waals surface area contributed by atoms with E-state index in [0.29, 0.717) is 17.2 Å². The van der Waals surface area contributed by atoms with Crippen molar-refractivity contribution < 1.29 is 19.1 Å². The van der Waals surface area contributed by atoms with Crippen LogP contribution in [0.25, 0.3) is 21.1 Å². The molecule has 0 aliphatic carbocycles. The molecule has 0 saturated heterocycles. The van der Waals surface area contributed by atoms with Crippen LogP contribution < -0.4 is 10.1 Å². The number of esters is 1. The third-order valence-electron chi connectivity index (χ3n) is 5.95. The van der Waals surface area contributed by atoms with Crippen LogP contribution in [0.15, 0.2) is 42.5 Å². The fraction of sp³-hybridized carbons (Fsp3) is 0.280. The minimum atomic E-state index is -0.517. The van der Waals surface area contributed by atoms with Crippen LogP contribution in [0.2, 0.25) is 0 Å². The number of carbonyl (C=O) groups excluding carboxylic acids is 2. The third kappa shape index (κ3) is 4.32. The second kappa shape index (κ2) is 9.36. The molecule has 4 aromatic rings. The first-order valence-electron chi connectivity index (χ1n) is 11.1. The molecule has 0 radical (unpaired) electrons. The van der Waals surface area contributed by atoms with Crippen LogP contribution in [-0.2, 0) is 22.5 Å². The summed E-state index contributed by atoms with van der Waals surface area (Å²) in [6, 6.07) is 13.1. The van der Waals surface area contributed by atoms with Gasteiger partial charge < -0.3 is 9.47 Å². The number of hydrogen-bond donors (Lipinski definition) is 1. The van der Waals surface area contributed by atoms with E-state index in [0.717, 1.165) is 57.6 Å². The van der Waals surface area contributed by atoms with E-state index >= 15 is 0 Å². The lowest BCUT2D eigenvalue weighted by Crippen LogP contribution is -2.32. The summed E-state index contributed by atoms with van der Waals surface area (Å²) in [6.45, 7) is 4.12. The molecule has 0 saturated carbocycles. The molecule has 9 heteroatoms. The minimum absolute atomic E-state index is 0.402. The Hall–Kier alpha value is -3.56. The van der Waals surface area contributed by atoms with Crippen molar-refractivity contribution in [3.8, 4) is 5.75 Å². The van der Waals surface area contributed by atoms with Gasteiger partial charge in [0.25, 0.3) is 5.91 Å². The molecule has 0 bridgehead atoms. The highest BCUT2D eigenvalue weighted by molar-refractivity contribution is 7.22. The summed E-state index contributed by atoms with van der Waals surface area (Å²) in [6.07, 6.45) is 0.775. The van der Waals surface area contributed by atoms with Gasteiger partial charge in [-0.25, -0.2) is 9.78 Å². The number of amides is 1. The van der Waals surface area contributed by atoms with Crippen LogP contribution in [0.3, 0.4) is 0 Å². The topological polar surface area (TPSA) is 93.7 Å². The van der Waals surface area contributed by atoms with Gasteiger partial charge in [-0.05, 0) is 30.8 Å². The van der Waals surface area contributed by atoms with E-state index in [-0.39, 0.29) is 0 Å². The number of anilines is 1. The largest absolute Gasteiger partial charge is 0.497 e. The number of thiazole rings is 1. The van der Waals surface area contributed by atoms with Gasteiger partial charge >= 0.3 is 5.97 Å². The number of nitrogens with one attached hydrogen (secondary N) is 1. The Bertz CT molecular complexity index is 1400. The lowest BCUT2D eigenvalue weighted by atomic mass is 9.96. The molecule has 3 heterocycles. The molecular weight excluding hydrogens is 452 g/mol. The average molecular weight is 477 g/mol. The second-order valence-corrected chi connectivity index (χ2v) is 9.06. The smallest absolute Gasteiger partial charge is 0.339 e. The molecule has 0 unspecified atom stereocenters. The molecule has 1 aliphatic rings. The number of hydrogen-bond acceptors (Lipinski definition) is 8. The highest BCUT2D eigenvalue weighted by atomic mass is 32.1. The molecule has 0 atom stereocenters. The number of likely N-dealkylation sites (N-methyl/N-ethyl adjacent to an activating group) is 1. The van der Waals surface area contributed by atoms with Crippen LogP contribution in [0.5, 0.6) is 5.75 Å². The molecule has 8 nitrogen and oxygen atoms in total. The lowest BCUT2D eigenvalue weighted by Gasteiger charge is -2.28. The maximum atomic E-state index is 13.2. The van der Waals surface area contributed by atoms with Crippen molar-refractivity contribution in [1.82, 2.24) is 14.9 Å². The summed E-state index contributed by atoms with van der Waals surface area (Å²) < 4.78 is 11.6. The zero-order valence-electron chi connectivity index (χ0n) is 19.0. The van der Waals surface area contributed by atoms with E-state index < -0.39 is 18.5 Å². The standard InChI is InChI=1S/C25H24N4O4S/c1-3-29-11-10-19-17(13-29)23(16-6-4-5-7-18(16)26-19)24(31)33-14-22(30)28-25-27-20-9-8-15(32-2)12-21(20)34-25/h4-9,12H,3,10-11,13-14H2,1-2H3,(H,27,28,30). The summed E-state index contributed by atoms with van der Waals surface area (Å²) in [5.41, 5.74) is 3.82. The van der Waals surface area contributed by atoms with Gasteiger partial charge in [0.2, 0.25) is 0 Å². The number of nitrogens with zero attached hydrogens (tertiary/aromatic N) is 3. The number of ether oxygens (including phenoxy) is 2. The Morgan fingerprint density at radius 3 is 2.82 bits per heavy atom. The summed E-state index contributed by atoms with van der Waals surface area (Å²) in [7, 11) is 1.60. The van der Waals surface area contributed by atoms with Crippen molar-refractivity contribution in [1.29, 1.82) is 0 Å². The van der Waals surface area contributed by atoms with Crippen molar-refractivity contribution in [3.05, 3.63) is 59.3 Å². The average Bonchev–Trinajstić information content (AvgIpc) is 3.26. The number of carbonyl (C=O) groups is 2. The second-order valence-electron chi connectivity index (χ2n) is 8.02. The van der Waals surface area contributed by atoms with E-state index in [2.05, 4.69) is 22.1 Å². The molecule has 0 spiro atoms. The molecule has 1 aliphatic heterocycles. The molecular formula is C25H24N4O4S. The maximum absolute atomic E-state index is 13.2. The summed E-state index contributed by atoms with van der Waals surface area (Å²) in [5, 5.41) is 3.90. The molecule has 174 valence electrons. The molecule has 2 aromatic heterocycles. The van der Waals surface area contributed by atoms with E-state index in [1.807, 2.05) is 42.5 Å².